The van der Waals surface area contributed by atoms with E-state index in [-0.39, 0.29) is 43.1 Å². The van der Waals surface area contributed by atoms with Crippen LogP contribution in [0.1, 0.15) is 40.4 Å². The summed E-state index contributed by atoms with van der Waals surface area (Å²) in [6.07, 6.45) is 2.38. The number of ether oxygens (including phenoxy) is 1. The van der Waals surface area contributed by atoms with E-state index in [4.69, 9.17) is 9.84 Å². The maximum Gasteiger partial charge on any atom is 0.407 e. The Hall–Kier alpha value is -4.21. The zero-order chi connectivity index (χ0) is 24.4. The molecule has 10 nitrogen and oxygen atoms in total. The maximum absolute atomic E-state index is 12.7. The zero-order valence-corrected chi connectivity index (χ0v) is 18.9. The lowest BCUT2D eigenvalue weighted by molar-refractivity contribution is -0.123. The molecule has 2 aromatic carbocycles. The quantitative estimate of drug-likeness (QED) is 0.432. The Morgan fingerprint density at radius 3 is 2.31 bits per heavy atom. The molecule has 3 aromatic rings. The third kappa shape index (κ3) is 4.86. The van der Waals surface area contributed by atoms with Crippen molar-refractivity contribution in [2.24, 2.45) is 5.92 Å². The number of alkyl carbamates (subject to hydrolysis) is 1. The Labute approximate surface area is 201 Å². The fourth-order valence-corrected chi connectivity index (χ4v) is 4.50. The molecule has 1 aromatic heterocycles. The molecule has 0 bridgehead atoms. The predicted octanol–water partition coefficient (Wildman–Crippen LogP) is 2.41. The van der Waals surface area contributed by atoms with E-state index in [2.05, 4.69) is 45.2 Å². The van der Waals surface area contributed by atoms with Gasteiger partial charge in [0.2, 0.25) is 5.91 Å². The normalized spacial score (nSPS) is 15.1. The van der Waals surface area contributed by atoms with Gasteiger partial charge < -0.3 is 20.5 Å². The number of aromatic nitrogens is 3. The van der Waals surface area contributed by atoms with Gasteiger partial charge in [-0.3, -0.25) is 4.79 Å². The summed E-state index contributed by atoms with van der Waals surface area (Å²) in [6.45, 7) is 0.655. The number of nitrogens with zero attached hydrogens (tertiary/aromatic N) is 3. The summed E-state index contributed by atoms with van der Waals surface area (Å²) in [6, 6.07) is 15.5. The van der Waals surface area contributed by atoms with Crippen molar-refractivity contribution in [2.75, 3.05) is 13.2 Å². The van der Waals surface area contributed by atoms with Crippen LogP contribution in [0.15, 0.2) is 54.7 Å². The number of aromatic carboxylic acids is 1. The van der Waals surface area contributed by atoms with Gasteiger partial charge in [-0.05, 0) is 41.0 Å². The van der Waals surface area contributed by atoms with E-state index >= 15 is 0 Å². The van der Waals surface area contributed by atoms with Gasteiger partial charge in [-0.25, -0.2) is 14.3 Å². The van der Waals surface area contributed by atoms with Crippen molar-refractivity contribution >= 4 is 18.0 Å². The van der Waals surface area contributed by atoms with Crippen molar-refractivity contribution in [1.82, 2.24) is 25.6 Å². The fraction of sp³-hybridized carbons (Fsp3) is 0.320. The number of carboxylic acids is 1. The molecular formula is C25H25N5O5. The van der Waals surface area contributed by atoms with E-state index in [1.54, 1.807) is 0 Å². The summed E-state index contributed by atoms with van der Waals surface area (Å²) >= 11 is 0. The van der Waals surface area contributed by atoms with Gasteiger partial charge in [-0.1, -0.05) is 53.7 Å². The third-order valence-corrected chi connectivity index (χ3v) is 6.39. The first-order chi connectivity index (χ1) is 17.0. The lowest BCUT2D eigenvalue weighted by atomic mass is 9.98. The number of carbonyl (C=O) groups is 3. The van der Waals surface area contributed by atoms with Gasteiger partial charge in [-0.15, -0.1) is 5.10 Å². The number of hydrogen-bond acceptors (Lipinski definition) is 6. The molecule has 35 heavy (non-hydrogen) atoms. The van der Waals surface area contributed by atoms with Crippen LogP contribution in [0, 0.1) is 5.92 Å². The summed E-state index contributed by atoms with van der Waals surface area (Å²) in [5, 5.41) is 21.7. The van der Waals surface area contributed by atoms with Crippen LogP contribution < -0.4 is 10.6 Å². The Morgan fingerprint density at radius 1 is 1.06 bits per heavy atom. The van der Waals surface area contributed by atoms with E-state index in [0.29, 0.717) is 0 Å². The van der Waals surface area contributed by atoms with Crippen LogP contribution in [0.3, 0.4) is 0 Å². The minimum Gasteiger partial charge on any atom is -0.476 e. The predicted molar refractivity (Wildman–Crippen MR) is 125 cm³/mol. The van der Waals surface area contributed by atoms with Gasteiger partial charge in [0.05, 0.1) is 12.7 Å². The summed E-state index contributed by atoms with van der Waals surface area (Å²) in [5.74, 6) is -1.46. The lowest BCUT2D eigenvalue weighted by Gasteiger charge is -2.19. The zero-order valence-electron chi connectivity index (χ0n) is 18.9. The Balaban J connectivity index is 1.15. The molecule has 10 heteroatoms. The number of hydrogen-bond donors (Lipinski definition) is 3. The molecule has 1 saturated carbocycles. The van der Waals surface area contributed by atoms with Crippen molar-refractivity contribution in [3.05, 3.63) is 71.5 Å². The van der Waals surface area contributed by atoms with E-state index < -0.39 is 18.1 Å². The van der Waals surface area contributed by atoms with Crippen LogP contribution in [-0.2, 0) is 16.1 Å². The molecule has 0 saturated heterocycles. The molecule has 180 valence electrons. The number of rotatable bonds is 9. The summed E-state index contributed by atoms with van der Waals surface area (Å²) < 4.78 is 6.93. The van der Waals surface area contributed by atoms with Crippen molar-refractivity contribution in [3.8, 4) is 11.1 Å². The first kappa shape index (κ1) is 22.6. The lowest BCUT2D eigenvalue weighted by Crippen LogP contribution is -2.49. The molecular weight excluding hydrogens is 450 g/mol. The highest BCUT2D eigenvalue weighted by Gasteiger charge is 2.38. The van der Waals surface area contributed by atoms with Crippen LogP contribution in [0.25, 0.3) is 11.1 Å². The number of carboxylic acid groups (broad SMARTS) is 1. The minimum atomic E-state index is -1.17. The fourth-order valence-electron chi connectivity index (χ4n) is 4.50. The van der Waals surface area contributed by atoms with Gasteiger partial charge in [-0.2, -0.15) is 0 Å². The van der Waals surface area contributed by atoms with Gasteiger partial charge in [0.25, 0.3) is 0 Å². The highest BCUT2D eigenvalue weighted by molar-refractivity contribution is 5.86. The van der Waals surface area contributed by atoms with Crippen molar-refractivity contribution in [2.45, 2.75) is 31.3 Å². The monoisotopic (exact) mass is 475 g/mol. The molecule has 3 N–H and O–H groups in total. The summed E-state index contributed by atoms with van der Waals surface area (Å²) in [5.41, 5.74) is 4.38. The largest absolute Gasteiger partial charge is 0.476 e. The van der Waals surface area contributed by atoms with Crippen LogP contribution in [-0.4, -0.2) is 57.3 Å². The molecule has 2 amide bonds. The van der Waals surface area contributed by atoms with Crippen molar-refractivity contribution in [3.63, 3.8) is 0 Å². The van der Waals surface area contributed by atoms with Crippen LogP contribution >= 0.6 is 0 Å². The van der Waals surface area contributed by atoms with Crippen molar-refractivity contribution in [1.29, 1.82) is 0 Å². The Kier molecular flexibility index (Phi) is 6.17. The van der Waals surface area contributed by atoms with Gasteiger partial charge in [0.15, 0.2) is 5.69 Å². The summed E-state index contributed by atoms with van der Waals surface area (Å²) in [7, 11) is 0. The molecule has 1 unspecified atom stereocenters. The second-order valence-electron chi connectivity index (χ2n) is 8.75. The smallest absolute Gasteiger partial charge is 0.407 e. The van der Waals surface area contributed by atoms with Gasteiger partial charge in [0.1, 0.15) is 12.6 Å². The van der Waals surface area contributed by atoms with Crippen LogP contribution in [0.4, 0.5) is 4.79 Å². The first-order valence-electron chi connectivity index (χ1n) is 11.5. The number of fused-ring (bicyclic) bond motifs is 3. The van der Waals surface area contributed by atoms with Crippen LogP contribution in [0.5, 0.6) is 0 Å². The first-order valence-corrected chi connectivity index (χ1v) is 11.5. The number of amides is 2. The second kappa shape index (κ2) is 9.57. The Morgan fingerprint density at radius 2 is 1.71 bits per heavy atom. The number of nitrogens with one attached hydrogen (secondary N) is 2. The van der Waals surface area contributed by atoms with Gasteiger partial charge >= 0.3 is 12.1 Å². The molecule has 1 fully saturated rings. The summed E-state index contributed by atoms with van der Waals surface area (Å²) in [4.78, 5) is 36.3. The molecule has 1 atom stereocenters. The molecule has 1 heterocycles. The SMILES string of the molecule is O=C(NC(C(=O)NCCn1cc(C(=O)O)nn1)C1CC1)OCC1c2ccccc2-c2ccccc21. The number of carbonyl (C=O) groups excluding carboxylic acids is 2. The highest BCUT2D eigenvalue weighted by Crippen LogP contribution is 2.44. The standard InChI is InChI=1S/C25H25N5O5/c31-23(26-11-12-30-13-21(24(32)33)28-29-30)22(15-9-10-15)27-25(34)35-14-20-18-7-3-1-5-16(18)17-6-2-4-8-19(17)20/h1-8,13,15,20,22H,9-12,14H2,(H,26,31)(H,27,34)(H,32,33). The topological polar surface area (TPSA) is 135 Å². The van der Waals surface area contributed by atoms with E-state index in [1.807, 2.05) is 24.3 Å². The van der Waals surface area contributed by atoms with Crippen molar-refractivity contribution < 1.29 is 24.2 Å². The van der Waals surface area contributed by atoms with E-state index in [1.165, 1.54) is 10.9 Å². The Bertz CT molecular complexity index is 1220. The second-order valence-corrected chi connectivity index (χ2v) is 8.75. The molecule has 2 aliphatic carbocycles. The average molecular weight is 476 g/mol. The molecule has 2 aliphatic rings. The third-order valence-electron chi connectivity index (χ3n) is 6.39. The van der Waals surface area contributed by atoms with E-state index in [0.717, 1.165) is 35.1 Å². The maximum atomic E-state index is 12.7. The molecule has 0 spiro atoms. The number of benzene rings is 2. The molecule has 0 aliphatic heterocycles. The molecule has 5 rings (SSSR count). The van der Waals surface area contributed by atoms with Crippen LogP contribution in [0.2, 0.25) is 0 Å². The minimum absolute atomic E-state index is 0.0558. The average Bonchev–Trinajstić information content (AvgIpc) is 3.50. The van der Waals surface area contributed by atoms with Gasteiger partial charge in [0, 0.05) is 12.5 Å². The molecule has 0 radical (unpaired) electrons. The van der Waals surface area contributed by atoms with E-state index in [9.17, 15) is 14.4 Å². The highest BCUT2D eigenvalue weighted by atomic mass is 16.5.